The van der Waals surface area contributed by atoms with Crippen molar-refractivity contribution in [2.75, 3.05) is 12.4 Å². The molecular formula is C29H45BO3S. The van der Waals surface area contributed by atoms with Gasteiger partial charge in [0.2, 0.25) is 0 Å². The molecule has 1 aromatic carbocycles. The molecule has 188 valence electrons. The summed E-state index contributed by atoms with van der Waals surface area (Å²) in [6.45, 7) is 3.42. The van der Waals surface area contributed by atoms with Crippen molar-refractivity contribution in [2.24, 2.45) is 5.41 Å². The molecule has 0 spiro atoms. The normalized spacial score (nSPS) is 33.3. The molecule has 0 N–H and O–H groups in total. The van der Waals surface area contributed by atoms with Crippen LogP contribution in [0.3, 0.4) is 0 Å². The minimum absolute atomic E-state index is 0.0121. The first-order valence-electron chi connectivity index (χ1n) is 14.3. The van der Waals surface area contributed by atoms with E-state index in [-0.39, 0.29) is 16.6 Å². The number of aryl methyl sites for hydroxylation is 1. The number of ether oxygens (including phenoxy) is 1. The fraction of sp³-hybridized carbons (Fsp3) is 0.793. The van der Waals surface area contributed by atoms with Gasteiger partial charge in [0.15, 0.2) is 17.1 Å². The topological polar surface area (TPSA) is 43.4 Å². The van der Waals surface area contributed by atoms with Crippen LogP contribution in [0.15, 0.2) is 23.1 Å². The smallest absolute Gasteiger partial charge is 0.178 e. The van der Waals surface area contributed by atoms with Crippen molar-refractivity contribution < 1.29 is 13.2 Å². The van der Waals surface area contributed by atoms with E-state index in [1.165, 1.54) is 108 Å². The summed E-state index contributed by atoms with van der Waals surface area (Å²) < 4.78 is 31.9. The second-order valence-electron chi connectivity index (χ2n) is 12.7. The maximum absolute atomic E-state index is 12.4. The van der Waals surface area contributed by atoms with Crippen molar-refractivity contribution >= 4 is 17.1 Å². The SMILES string of the molecule is CC1(COC23BC(c4ccc5c(c4)CCS5(=O)=O)(CCCC2)CCC3)CCCCCCCCC1. The van der Waals surface area contributed by atoms with E-state index >= 15 is 0 Å². The molecule has 3 fully saturated rings. The van der Waals surface area contributed by atoms with Crippen molar-refractivity contribution in [3.8, 4) is 0 Å². The zero-order valence-corrected chi connectivity index (χ0v) is 22.3. The Morgan fingerprint density at radius 3 is 2.21 bits per heavy atom. The van der Waals surface area contributed by atoms with Crippen molar-refractivity contribution in [3.63, 3.8) is 0 Å². The highest BCUT2D eigenvalue weighted by Crippen LogP contribution is 2.49. The van der Waals surface area contributed by atoms with Crippen molar-refractivity contribution in [1.29, 1.82) is 0 Å². The zero-order chi connectivity index (χ0) is 23.7. The third-order valence-electron chi connectivity index (χ3n) is 9.92. The highest BCUT2D eigenvalue weighted by atomic mass is 32.2. The molecule has 3 nitrogen and oxygen atoms in total. The van der Waals surface area contributed by atoms with E-state index in [1.807, 2.05) is 6.07 Å². The molecular weight excluding hydrogens is 439 g/mol. The van der Waals surface area contributed by atoms with Crippen LogP contribution in [0.5, 0.6) is 0 Å². The number of sulfone groups is 1. The Hall–Kier alpha value is -0.805. The second-order valence-corrected chi connectivity index (χ2v) is 14.7. The molecule has 2 saturated heterocycles. The van der Waals surface area contributed by atoms with Crippen molar-refractivity contribution in [3.05, 3.63) is 29.3 Å². The Kier molecular flexibility index (Phi) is 7.26. The van der Waals surface area contributed by atoms with Gasteiger partial charge in [-0.1, -0.05) is 96.1 Å². The molecule has 4 aliphatic rings. The predicted octanol–water partition coefficient (Wildman–Crippen LogP) is 6.65. The lowest BCUT2D eigenvalue weighted by molar-refractivity contribution is -0.0531. The molecule has 2 atom stereocenters. The van der Waals surface area contributed by atoms with Crippen LogP contribution in [0.1, 0.15) is 121 Å². The fourth-order valence-corrected chi connectivity index (χ4v) is 9.36. The van der Waals surface area contributed by atoms with Crippen LogP contribution in [0.25, 0.3) is 0 Å². The number of benzene rings is 1. The third kappa shape index (κ3) is 5.17. The van der Waals surface area contributed by atoms with Gasteiger partial charge in [-0.15, -0.1) is 0 Å². The quantitative estimate of drug-likeness (QED) is 0.450. The zero-order valence-electron chi connectivity index (χ0n) is 21.5. The van der Waals surface area contributed by atoms with Gasteiger partial charge >= 0.3 is 0 Å². The number of hydrogen-bond acceptors (Lipinski definition) is 3. The van der Waals surface area contributed by atoms with E-state index in [9.17, 15) is 8.42 Å². The van der Waals surface area contributed by atoms with Gasteiger partial charge in [0, 0.05) is 5.50 Å². The van der Waals surface area contributed by atoms with E-state index in [0.717, 1.165) is 19.4 Å². The first kappa shape index (κ1) is 24.9. The van der Waals surface area contributed by atoms with Gasteiger partial charge in [-0.3, -0.25) is 0 Å². The van der Waals surface area contributed by atoms with E-state index < -0.39 is 9.84 Å². The van der Waals surface area contributed by atoms with Crippen molar-refractivity contribution in [1.82, 2.24) is 0 Å². The van der Waals surface area contributed by atoms with Crippen molar-refractivity contribution in [2.45, 2.75) is 132 Å². The molecule has 1 aromatic rings. The molecule has 3 heterocycles. The van der Waals surface area contributed by atoms with E-state index in [4.69, 9.17) is 4.74 Å². The van der Waals surface area contributed by atoms with E-state index in [2.05, 4.69) is 19.1 Å². The molecule has 1 aliphatic carbocycles. The summed E-state index contributed by atoms with van der Waals surface area (Å²) in [4.78, 5) is 0.587. The minimum atomic E-state index is -3.06. The van der Waals surface area contributed by atoms with Crippen LogP contribution in [0.4, 0.5) is 0 Å². The van der Waals surface area contributed by atoms with Gasteiger partial charge in [-0.2, -0.15) is 0 Å². The van der Waals surface area contributed by atoms with Gasteiger partial charge in [-0.25, -0.2) is 8.42 Å². The Balaban J connectivity index is 1.35. The highest BCUT2D eigenvalue weighted by Gasteiger charge is 2.49. The van der Waals surface area contributed by atoms with Gasteiger partial charge in [0.05, 0.1) is 17.3 Å². The van der Waals surface area contributed by atoms with Gasteiger partial charge in [-0.05, 0) is 60.0 Å². The van der Waals surface area contributed by atoms with Crippen LogP contribution < -0.4 is 0 Å². The molecule has 5 rings (SSSR count). The lowest BCUT2D eigenvalue weighted by Crippen LogP contribution is -2.53. The molecule has 0 amide bonds. The molecule has 2 bridgehead atoms. The monoisotopic (exact) mass is 484 g/mol. The van der Waals surface area contributed by atoms with Crippen LogP contribution in [-0.4, -0.2) is 33.6 Å². The van der Waals surface area contributed by atoms with E-state index in [1.54, 1.807) is 0 Å². The molecule has 0 aromatic heterocycles. The summed E-state index contributed by atoms with van der Waals surface area (Å²) in [7, 11) is -1.93. The summed E-state index contributed by atoms with van der Waals surface area (Å²) in [5, 5.41) is 0.160. The Bertz CT molecular complexity index is 964. The summed E-state index contributed by atoms with van der Waals surface area (Å²) >= 11 is 0. The molecule has 0 radical (unpaired) electrons. The van der Waals surface area contributed by atoms with Crippen LogP contribution >= 0.6 is 0 Å². The van der Waals surface area contributed by atoms with Gasteiger partial charge in [0.25, 0.3) is 0 Å². The average molecular weight is 485 g/mol. The van der Waals surface area contributed by atoms with E-state index in [0.29, 0.717) is 16.7 Å². The highest BCUT2D eigenvalue weighted by molar-refractivity contribution is 7.91. The number of rotatable bonds is 4. The standard InChI is InChI=1S/C29H45BO3S/c1-27(15-7-5-3-2-4-6-8-16-27)23-33-29-19-10-9-17-28(30-29,18-11-20-29)25-12-13-26-24(22-25)14-21-34(26,31)32/h12-13,22,30H,2-11,14-21,23H2,1H3. The predicted molar refractivity (Wildman–Crippen MR) is 142 cm³/mol. The maximum Gasteiger partial charge on any atom is 0.178 e. The van der Waals surface area contributed by atoms with Gasteiger partial charge < -0.3 is 4.74 Å². The third-order valence-corrected chi connectivity index (χ3v) is 11.7. The molecule has 5 heteroatoms. The summed E-state index contributed by atoms with van der Waals surface area (Å²) in [6, 6.07) is 6.35. The minimum Gasteiger partial charge on any atom is -0.383 e. The largest absolute Gasteiger partial charge is 0.383 e. The summed E-state index contributed by atoms with van der Waals surface area (Å²) in [5.41, 5.74) is 2.78. The Morgan fingerprint density at radius 1 is 0.824 bits per heavy atom. The lowest BCUT2D eigenvalue weighted by Gasteiger charge is -2.47. The maximum atomic E-state index is 12.4. The first-order valence-corrected chi connectivity index (χ1v) is 16.0. The molecule has 3 aliphatic heterocycles. The van der Waals surface area contributed by atoms with Crippen LogP contribution in [0, 0.1) is 5.41 Å². The summed E-state index contributed by atoms with van der Waals surface area (Å²) in [5.74, 6) is 0.282. The van der Waals surface area contributed by atoms with Crippen LogP contribution in [-0.2, 0) is 26.3 Å². The molecule has 34 heavy (non-hydrogen) atoms. The summed E-state index contributed by atoms with van der Waals surface area (Å²) in [6.07, 6.45) is 21.6. The Labute approximate surface area is 209 Å². The van der Waals surface area contributed by atoms with Crippen LogP contribution in [0.2, 0.25) is 0 Å². The molecule has 2 unspecified atom stereocenters. The first-order chi connectivity index (χ1) is 16.3. The number of fused-ring (bicyclic) bond motifs is 3. The number of hydrogen-bond donors (Lipinski definition) is 0. The second kappa shape index (κ2) is 9.92. The molecule has 1 saturated carbocycles. The Morgan fingerprint density at radius 2 is 1.44 bits per heavy atom. The fourth-order valence-electron chi connectivity index (χ4n) is 7.81. The average Bonchev–Trinajstić information content (AvgIpc) is 3.06. The lowest BCUT2D eigenvalue weighted by atomic mass is 9.36. The van der Waals surface area contributed by atoms with Gasteiger partial charge in [0.1, 0.15) is 0 Å².